The van der Waals surface area contributed by atoms with Gasteiger partial charge in [-0.25, -0.2) is 14.4 Å². The first-order valence-electron chi connectivity index (χ1n) is 8.69. The summed E-state index contributed by atoms with van der Waals surface area (Å²) in [5.41, 5.74) is 2.55. The van der Waals surface area contributed by atoms with Crippen molar-refractivity contribution in [2.45, 2.75) is 56.9 Å². The van der Waals surface area contributed by atoms with Gasteiger partial charge in [-0.05, 0) is 43.2 Å². The van der Waals surface area contributed by atoms with E-state index in [1.54, 1.807) is 0 Å². The highest BCUT2D eigenvalue weighted by Crippen LogP contribution is 2.41. The minimum Gasteiger partial charge on any atom is -0.351 e. The SMILES string of the molecule is Fc1cnc(NC2CCCCC2)nc1-c1cccc(C2CC2)c1. The normalized spacial score (nSPS) is 18.8. The topological polar surface area (TPSA) is 37.8 Å². The van der Waals surface area contributed by atoms with Crippen LogP contribution in [0.5, 0.6) is 0 Å². The zero-order chi connectivity index (χ0) is 15.6. The maximum absolute atomic E-state index is 14.2. The van der Waals surface area contributed by atoms with Gasteiger partial charge in [0.2, 0.25) is 5.95 Å². The highest BCUT2D eigenvalue weighted by atomic mass is 19.1. The Labute approximate surface area is 136 Å². The lowest BCUT2D eigenvalue weighted by Gasteiger charge is -2.22. The van der Waals surface area contributed by atoms with Crippen molar-refractivity contribution in [2.24, 2.45) is 0 Å². The van der Waals surface area contributed by atoms with Gasteiger partial charge >= 0.3 is 0 Å². The minimum absolute atomic E-state index is 0.354. The molecule has 0 bridgehead atoms. The molecule has 4 rings (SSSR count). The van der Waals surface area contributed by atoms with Gasteiger partial charge in [-0.2, -0.15) is 0 Å². The van der Waals surface area contributed by atoms with Crippen molar-refractivity contribution in [3.63, 3.8) is 0 Å². The number of nitrogens with zero attached hydrogens (tertiary/aromatic N) is 2. The van der Waals surface area contributed by atoms with E-state index in [4.69, 9.17) is 0 Å². The van der Waals surface area contributed by atoms with E-state index in [0.29, 0.717) is 23.6 Å². The van der Waals surface area contributed by atoms with Crippen LogP contribution in [0.4, 0.5) is 10.3 Å². The number of hydrogen-bond acceptors (Lipinski definition) is 3. The van der Waals surface area contributed by atoms with Crippen molar-refractivity contribution in [1.29, 1.82) is 0 Å². The Bertz CT molecular complexity index is 691. The Kier molecular flexibility index (Phi) is 3.98. The van der Waals surface area contributed by atoms with Gasteiger partial charge in [0.15, 0.2) is 5.82 Å². The average molecular weight is 311 g/mol. The third kappa shape index (κ3) is 3.36. The lowest BCUT2D eigenvalue weighted by Crippen LogP contribution is -2.23. The first-order valence-corrected chi connectivity index (χ1v) is 8.69. The van der Waals surface area contributed by atoms with Crippen molar-refractivity contribution in [3.05, 3.63) is 41.8 Å². The molecule has 1 aromatic carbocycles. The van der Waals surface area contributed by atoms with Gasteiger partial charge in [0.1, 0.15) is 5.69 Å². The molecule has 1 aromatic heterocycles. The first kappa shape index (κ1) is 14.6. The predicted molar refractivity (Wildman–Crippen MR) is 89.9 cm³/mol. The lowest BCUT2D eigenvalue weighted by atomic mass is 9.96. The fourth-order valence-corrected chi connectivity index (χ4v) is 3.43. The number of aromatic nitrogens is 2. The molecule has 0 atom stereocenters. The Hall–Kier alpha value is -1.97. The quantitative estimate of drug-likeness (QED) is 0.872. The maximum atomic E-state index is 14.2. The fraction of sp³-hybridized carbons (Fsp3) is 0.474. The maximum Gasteiger partial charge on any atom is 0.223 e. The van der Waals surface area contributed by atoms with E-state index < -0.39 is 0 Å². The summed E-state index contributed by atoms with van der Waals surface area (Å²) in [6.45, 7) is 0. The monoisotopic (exact) mass is 311 g/mol. The van der Waals surface area contributed by atoms with Crippen LogP contribution < -0.4 is 5.32 Å². The summed E-state index contributed by atoms with van der Waals surface area (Å²) < 4.78 is 14.2. The number of rotatable bonds is 4. The molecule has 0 spiro atoms. The van der Waals surface area contributed by atoms with Crippen molar-refractivity contribution in [3.8, 4) is 11.3 Å². The Morgan fingerprint density at radius 1 is 1.04 bits per heavy atom. The molecule has 2 aliphatic rings. The molecule has 0 amide bonds. The van der Waals surface area contributed by atoms with Crippen molar-refractivity contribution in [1.82, 2.24) is 9.97 Å². The minimum atomic E-state index is -0.354. The van der Waals surface area contributed by atoms with Crippen LogP contribution in [0.15, 0.2) is 30.5 Å². The summed E-state index contributed by atoms with van der Waals surface area (Å²) in [4.78, 5) is 8.59. The second-order valence-electron chi connectivity index (χ2n) is 6.77. The van der Waals surface area contributed by atoms with Gasteiger partial charge in [-0.3, -0.25) is 0 Å². The number of halogens is 1. The van der Waals surface area contributed by atoms with Gasteiger partial charge in [-0.15, -0.1) is 0 Å². The smallest absolute Gasteiger partial charge is 0.223 e. The molecule has 1 N–H and O–H groups in total. The predicted octanol–water partition coefficient (Wildman–Crippen LogP) is 4.90. The molecular formula is C19H22FN3. The molecule has 2 aliphatic carbocycles. The lowest BCUT2D eigenvalue weighted by molar-refractivity contribution is 0.460. The second-order valence-corrected chi connectivity index (χ2v) is 6.77. The van der Waals surface area contributed by atoms with Gasteiger partial charge in [-0.1, -0.05) is 37.5 Å². The molecular weight excluding hydrogens is 289 g/mol. The van der Waals surface area contributed by atoms with Gasteiger partial charge < -0.3 is 5.32 Å². The van der Waals surface area contributed by atoms with Crippen LogP contribution >= 0.6 is 0 Å². The Balaban J connectivity index is 1.59. The molecule has 2 fully saturated rings. The van der Waals surface area contributed by atoms with Crippen LogP contribution in [0.25, 0.3) is 11.3 Å². The fourth-order valence-electron chi connectivity index (χ4n) is 3.43. The zero-order valence-corrected chi connectivity index (χ0v) is 13.3. The van der Waals surface area contributed by atoms with Gasteiger partial charge in [0.25, 0.3) is 0 Å². The molecule has 23 heavy (non-hydrogen) atoms. The third-order valence-corrected chi connectivity index (χ3v) is 4.89. The molecule has 0 radical (unpaired) electrons. The van der Waals surface area contributed by atoms with Crippen LogP contribution in [0, 0.1) is 5.82 Å². The summed E-state index contributed by atoms with van der Waals surface area (Å²) in [5, 5.41) is 3.38. The molecule has 2 aromatic rings. The van der Waals surface area contributed by atoms with Crippen molar-refractivity contribution < 1.29 is 4.39 Å². The average Bonchev–Trinajstić information content (AvgIpc) is 3.43. The highest BCUT2D eigenvalue weighted by Gasteiger charge is 2.24. The molecule has 0 saturated heterocycles. The van der Waals surface area contributed by atoms with Crippen LogP contribution in [-0.4, -0.2) is 16.0 Å². The van der Waals surface area contributed by atoms with E-state index >= 15 is 0 Å². The second kappa shape index (κ2) is 6.26. The Morgan fingerprint density at radius 2 is 1.87 bits per heavy atom. The van der Waals surface area contributed by atoms with E-state index in [0.717, 1.165) is 18.4 Å². The summed E-state index contributed by atoms with van der Waals surface area (Å²) >= 11 is 0. The number of nitrogens with one attached hydrogen (secondary N) is 1. The molecule has 0 aliphatic heterocycles. The largest absolute Gasteiger partial charge is 0.351 e. The molecule has 120 valence electrons. The van der Waals surface area contributed by atoms with Crippen molar-refractivity contribution in [2.75, 3.05) is 5.32 Å². The van der Waals surface area contributed by atoms with E-state index in [1.165, 1.54) is 43.9 Å². The van der Waals surface area contributed by atoms with Gasteiger partial charge in [0, 0.05) is 11.6 Å². The third-order valence-electron chi connectivity index (χ3n) is 4.89. The van der Waals surface area contributed by atoms with E-state index in [2.05, 4.69) is 27.4 Å². The molecule has 0 unspecified atom stereocenters. The number of anilines is 1. The van der Waals surface area contributed by atoms with E-state index in [1.807, 2.05) is 12.1 Å². The molecule has 3 nitrogen and oxygen atoms in total. The molecule has 1 heterocycles. The summed E-state index contributed by atoms with van der Waals surface area (Å²) in [6, 6.07) is 8.55. The van der Waals surface area contributed by atoms with Crippen molar-refractivity contribution >= 4 is 5.95 Å². The zero-order valence-electron chi connectivity index (χ0n) is 13.3. The summed E-state index contributed by atoms with van der Waals surface area (Å²) in [5.74, 6) is 0.844. The summed E-state index contributed by atoms with van der Waals surface area (Å²) in [7, 11) is 0. The van der Waals surface area contributed by atoms with Gasteiger partial charge in [0.05, 0.1) is 6.20 Å². The van der Waals surface area contributed by atoms with Crippen LogP contribution in [0.1, 0.15) is 56.4 Å². The first-order chi connectivity index (χ1) is 11.3. The van der Waals surface area contributed by atoms with E-state index in [-0.39, 0.29) is 5.82 Å². The number of benzene rings is 1. The van der Waals surface area contributed by atoms with Crippen LogP contribution in [0.3, 0.4) is 0 Å². The van der Waals surface area contributed by atoms with Crippen LogP contribution in [-0.2, 0) is 0 Å². The standard InChI is InChI=1S/C19H22FN3/c20-17-12-21-19(22-16-7-2-1-3-8-16)23-18(17)15-6-4-5-14(11-15)13-9-10-13/h4-6,11-13,16H,1-3,7-10H2,(H,21,22,23). The molecule has 2 saturated carbocycles. The molecule has 4 heteroatoms. The number of hydrogen-bond donors (Lipinski definition) is 1. The van der Waals surface area contributed by atoms with E-state index in [9.17, 15) is 4.39 Å². The summed E-state index contributed by atoms with van der Waals surface area (Å²) in [6.07, 6.45) is 9.86. The Morgan fingerprint density at radius 3 is 2.65 bits per heavy atom. The van der Waals surface area contributed by atoms with Crippen LogP contribution in [0.2, 0.25) is 0 Å². The highest BCUT2D eigenvalue weighted by molar-refractivity contribution is 5.62.